The van der Waals surface area contributed by atoms with Gasteiger partial charge in [-0.3, -0.25) is 4.79 Å². The fourth-order valence-electron chi connectivity index (χ4n) is 1.55. The zero-order valence-electron chi connectivity index (χ0n) is 12.0. The molecule has 7 heteroatoms. The van der Waals surface area contributed by atoms with Crippen LogP contribution in [0.25, 0.3) is 0 Å². The van der Waals surface area contributed by atoms with E-state index in [4.69, 9.17) is 9.84 Å². The Kier molecular flexibility index (Phi) is 8.07. The summed E-state index contributed by atoms with van der Waals surface area (Å²) in [5.74, 6) is 0.376. The molecule has 5 nitrogen and oxygen atoms in total. The number of hydrogen-bond acceptors (Lipinski definition) is 5. The quantitative estimate of drug-likeness (QED) is 0.676. The monoisotopic (exact) mass is 329 g/mol. The Balaban J connectivity index is 2.42. The molecule has 0 aromatic heterocycles. The topological polar surface area (TPSA) is 75.6 Å². The highest BCUT2D eigenvalue weighted by Crippen LogP contribution is 2.21. The van der Waals surface area contributed by atoms with Crippen molar-refractivity contribution in [2.75, 3.05) is 24.9 Å². The van der Waals surface area contributed by atoms with E-state index in [2.05, 4.69) is 5.32 Å². The molecule has 2 N–H and O–H groups in total. The summed E-state index contributed by atoms with van der Waals surface area (Å²) in [7, 11) is 1.59. The van der Waals surface area contributed by atoms with Gasteiger partial charge in [-0.2, -0.15) is 11.8 Å². The van der Waals surface area contributed by atoms with Crippen molar-refractivity contribution in [2.24, 2.45) is 0 Å². The number of thioether (sulfide) groups is 2. The zero-order valence-corrected chi connectivity index (χ0v) is 13.6. The lowest BCUT2D eigenvalue weighted by atomic mass is 10.2. The van der Waals surface area contributed by atoms with Crippen molar-refractivity contribution in [3.8, 4) is 5.75 Å². The molecule has 1 rings (SSSR count). The van der Waals surface area contributed by atoms with E-state index in [1.807, 2.05) is 30.5 Å². The van der Waals surface area contributed by atoms with Crippen LogP contribution in [0.3, 0.4) is 0 Å². The summed E-state index contributed by atoms with van der Waals surface area (Å²) >= 11 is 2.92. The predicted octanol–water partition coefficient (Wildman–Crippen LogP) is 2.11. The van der Waals surface area contributed by atoms with Gasteiger partial charge in [0.25, 0.3) is 0 Å². The molecule has 1 atom stereocenters. The molecule has 1 aromatic carbocycles. The van der Waals surface area contributed by atoms with Crippen LogP contribution in [0.1, 0.15) is 6.42 Å². The Hall–Kier alpha value is -1.34. The van der Waals surface area contributed by atoms with Crippen LogP contribution in [0, 0.1) is 0 Å². The average Bonchev–Trinajstić information content (AvgIpc) is 2.49. The zero-order chi connectivity index (χ0) is 15.7. The SMILES string of the molecule is COc1ccc(SCC(=O)N[C@H](CCSC)C(=O)O)cc1. The molecule has 0 aliphatic rings. The van der Waals surface area contributed by atoms with Crippen LogP contribution >= 0.6 is 23.5 Å². The van der Waals surface area contributed by atoms with E-state index in [9.17, 15) is 9.59 Å². The van der Waals surface area contributed by atoms with Gasteiger partial charge in [0.1, 0.15) is 11.8 Å². The summed E-state index contributed by atoms with van der Waals surface area (Å²) in [6, 6.07) is 6.54. The third-order valence-corrected chi connectivity index (χ3v) is 4.33. The summed E-state index contributed by atoms with van der Waals surface area (Å²) < 4.78 is 5.06. The predicted molar refractivity (Wildman–Crippen MR) is 86.3 cm³/mol. The van der Waals surface area contributed by atoms with Gasteiger partial charge >= 0.3 is 5.97 Å². The maximum absolute atomic E-state index is 11.8. The summed E-state index contributed by atoms with van der Waals surface area (Å²) in [5.41, 5.74) is 0. The molecule has 0 aliphatic heterocycles. The number of benzene rings is 1. The number of amides is 1. The van der Waals surface area contributed by atoms with Crippen molar-refractivity contribution in [2.45, 2.75) is 17.4 Å². The number of rotatable bonds is 9. The second-order valence-electron chi connectivity index (χ2n) is 4.20. The molecule has 0 unspecified atom stereocenters. The second kappa shape index (κ2) is 9.57. The Morgan fingerprint density at radius 3 is 2.52 bits per heavy atom. The molecule has 0 bridgehead atoms. The van der Waals surface area contributed by atoms with Gasteiger partial charge in [0.15, 0.2) is 0 Å². The van der Waals surface area contributed by atoms with Crippen molar-refractivity contribution < 1.29 is 19.4 Å². The van der Waals surface area contributed by atoms with Gasteiger partial charge in [-0.1, -0.05) is 0 Å². The Bertz CT molecular complexity index is 465. The van der Waals surface area contributed by atoms with Crippen molar-refractivity contribution in [1.29, 1.82) is 0 Å². The number of ether oxygens (including phenoxy) is 1. The largest absolute Gasteiger partial charge is 0.497 e. The molecule has 116 valence electrons. The lowest BCUT2D eigenvalue weighted by Gasteiger charge is -2.13. The first-order chi connectivity index (χ1) is 10.1. The van der Waals surface area contributed by atoms with Crippen LogP contribution in [-0.2, 0) is 9.59 Å². The second-order valence-corrected chi connectivity index (χ2v) is 6.24. The fraction of sp³-hybridized carbons (Fsp3) is 0.429. The number of carboxylic acids is 1. The van der Waals surface area contributed by atoms with E-state index >= 15 is 0 Å². The molecule has 0 fully saturated rings. The minimum Gasteiger partial charge on any atom is -0.497 e. The van der Waals surface area contributed by atoms with Gasteiger partial charge in [-0.15, -0.1) is 11.8 Å². The Morgan fingerprint density at radius 2 is 2.00 bits per heavy atom. The smallest absolute Gasteiger partial charge is 0.326 e. The number of carboxylic acid groups (broad SMARTS) is 1. The van der Waals surface area contributed by atoms with Gasteiger partial charge in [-0.05, 0) is 42.7 Å². The normalized spacial score (nSPS) is 11.7. The average molecular weight is 329 g/mol. The molecule has 0 spiro atoms. The minimum atomic E-state index is -0.994. The molecule has 0 saturated carbocycles. The Labute approximate surface area is 132 Å². The maximum atomic E-state index is 11.8. The summed E-state index contributed by atoms with van der Waals surface area (Å²) in [4.78, 5) is 23.8. The molecule has 0 heterocycles. The van der Waals surface area contributed by atoms with Gasteiger partial charge in [0.2, 0.25) is 5.91 Å². The highest BCUT2D eigenvalue weighted by atomic mass is 32.2. The number of carbonyl (C=O) groups is 2. The van der Waals surface area contributed by atoms with Crippen molar-refractivity contribution in [3.05, 3.63) is 24.3 Å². The van der Waals surface area contributed by atoms with Gasteiger partial charge in [0, 0.05) is 4.90 Å². The van der Waals surface area contributed by atoms with Crippen LogP contribution in [-0.4, -0.2) is 47.9 Å². The van der Waals surface area contributed by atoms with Crippen LogP contribution in [0.4, 0.5) is 0 Å². The number of nitrogens with one attached hydrogen (secondary N) is 1. The molecule has 0 aliphatic carbocycles. The third kappa shape index (κ3) is 6.77. The first-order valence-corrected chi connectivity index (χ1v) is 8.72. The number of hydrogen-bond donors (Lipinski definition) is 2. The van der Waals surface area contributed by atoms with Gasteiger partial charge < -0.3 is 15.2 Å². The molecule has 21 heavy (non-hydrogen) atoms. The fourth-order valence-corrected chi connectivity index (χ4v) is 2.73. The van der Waals surface area contributed by atoms with E-state index in [0.717, 1.165) is 10.6 Å². The van der Waals surface area contributed by atoms with Crippen LogP contribution < -0.4 is 10.1 Å². The number of aliphatic carboxylic acids is 1. The highest BCUT2D eigenvalue weighted by Gasteiger charge is 2.19. The van der Waals surface area contributed by atoms with Crippen LogP contribution in [0.15, 0.2) is 29.2 Å². The maximum Gasteiger partial charge on any atom is 0.326 e. The number of carbonyl (C=O) groups excluding carboxylic acids is 1. The summed E-state index contributed by atoms with van der Waals surface area (Å²) in [5, 5.41) is 11.6. The van der Waals surface area contributed by atoms with E-state index in [0.29, 0.717) is 12.2 Å². The minimum absolute atomic E-state index is 0.190. The van der Waals surface area contributed by atoms with E-state index in [-0.39, 0.29) is 11.7 Å². The Morgan fingerprint density at radius 1 is 1.33 bits per heavy atom. The van der Waals surface area contributed by atoms with E-state index < -0.39 is 12.0 Å². The van der Waals surface area contributed by atoms with E-state index in [1.165, 1.54) is 11.8 Å². The third-order valence-electron chi connectivity index (χ3n) is 2.67. The molecular formula is C14H19NO4S2. The standard InChI is InChI=1S/C14H19NO4S2/c1-19-10-3-5-11(6-4-10)21-9-13(16)15-12(14(17)18)7-8-20-2/h3-6,12H,7-9H2,1-2H3,(H,15,16)(H,17,18)/t12-/m1/s1. The van der Waals surface area contributed by atoms with Gasteiger partial charge in [-0.25, -0.2) is 4.79 Å². The summed E-state index contributed by atoms with van der Waals surface area (Å²) in [6.07, 6.45) is 2.33. The van der Waals surface area contributed by atoms with Crippen LogP contribution in [0.5, 0.6) is 5.75 Å². The summed E-state index contributed by atoms with van der Waals surface area (Å²) in [6.45, 7) is 0. The molecule has 0 saturated heterocycles. The molecule has 1 amide bonds. The molecule has 1 aromatic rings. The van der Waals surface area contributed by atoms with Crippen molar-refractivity contribution >= 4 is 35.4 Å². The van der Waals surface area contributed by atoms with Gasteiger partial charge in [0.05, 0.1) is 12.9 Å². The van der Waals surface area contributed by atoms with Crippen molar-refractivity contribution in [3.63, 3.8) is 0 Å². The lowest BCUT2D eigenvalue weighted by Crippen LogP contribution is -2.42. The highest BCUT2D eigenvalue weighted by molar-refractivity contribution is 8.00. The molecule has 0 radical (unpaired) electrons. The van der Waals surface area contributed by atoms with E-state index in [1.54, 1.807) is 18.9 Å². The van der Waals surface area contributed by atoms with Crippen LogP contribution in [0.2, 0.25) is 0 Å². The lowest BCUT2D eigenvalue weighted by molar-refractivity contribution is -0.141. The number of methoxy groups -OCH3 is 1. The molecular weight excluding hydrogens is 310 g/mol. The first-order valence-electron chi connectivity index (χ1n) is 6.34. The first kappa shape index (κ1) is 17.7. The van der Waals surface area contributed by atoms with Crippen molar-refractivity contribution in [1.82, 2.24) is 5.32 Å².